The summed E-state index contributed by atoms with van der Waals surface area (Å²) >= 11 is 0. The highest BCUT2D eigenvalue weighted by Crippen LogP contribution is 2.34. The van der Waals surface area contributed by atoms with E-state index >= 15 is 0 Å². The maximum Gasteiger partial charge on any atom is 0.247 e. The Morgan fingerprint density at radius 3 is 2.77 bits per heavy atom. The number of nitrogens with zero attached hydrogens (tertiary/aromatic N) is 7. The van der Waals surface area contributed by atoms with Gasteiger partial charge in [0.05, 0.1) is 17.4 Å². The first kappa shape index (κ1) is 16.7. The molecule has 4 rings (SSSR count). The van der Waals surface area contributed by atoms with Gasteiger partial charge in [0.1, 0.15) is 0 Å². The van der Waals surface area contributed by atoms with Crippen LogP contribution in [0.5, 0.6) is 0 Å². The van der Waals surface area contributed by atoms with E-state index in [0.717, 1.165) is 18.8 Å². The quantitative estimate of drug-likeness (QED) is 0.756. The normalized spacial score (nSPS) is 21.0. The molecule has 8 heteroatoms. The van der Waals surface area contributed by atoms with Crippen molar-refractivity contribution in [2.24, 2.45) is 13.0 Å². The molecule has 0 saturated carbocycles. The van der Waals surface area contributed by atoms with Crippen molar-refractivity contribution in [1.82, 2.24) is 34.9 Å². The van der Waals surface area contributed by atoms with Gasteiger partial charge in [-0.15, -0.1) is 0 Å². The van der Waals surface area contributed by atoms with Gasteiger partial charge in [-0.05, 0) is 61.0 Å². The van der Waals surface area contributed by atoms with Gasteiger partial charge in [-0.25, -0.2) is 0 Å². The second-order valence-corrected chi connectivity index (χ2v) is 6.84. The number of likely N-dealkylation sites (tertiary alicyclic amines) is 1. The van der Waals surface area contributed by atoms with Crippen LogP contribution < -0.4 is 5.32 Å². The van der Waals surface area contributed by atoms with E-state index in [0.29, 0.717) is 17.9 Å². The predicted octanol–water partition coefficient (Wildman–Crippen LogP) is 1.89. The maximum absolute atomic E-state index is 4.36. The van der Waals surface area contributed by atoms with Crippen molar-refractivity contribution in [2.75, 3.05) is 25.5 Å². The number of para-hydroxylation sites is 1. The molecule has 0 aliphatic carbocycles. The molecule has 1 aliphatic heterocycles. The Balaban J connectivity index is 1.52. The third kappa shape index (κ3) is 3.20. The van der Waals surface area contributed by atoms with Crippen LogP contribution in [0.2, 0.25) is 0 Å². The fraction of sp³-hybridized carbons (Fsp3) is 0.444. The number of anilines is 1. The molecule has 0 bridgehead atoms. The van der Waals surface area contributed by atoms with Crippen LogP contribution in [0.4, 0.5) is 5.95 Å². The molecular formula is C18H24N8. The molecule has 1 saturated heterocycles. The summed E-state index contributed by atoms with van der Waals surface area (Å²) in [5.41, 5.74) is 2.20. The molecule has 0 radical (unpaired) electrons. The van der Waals surface area contributed by atoms with Crippen LogP contribution in [0.3, 0.4) is 0 Å². The van der Waals surface area contributed by atoms with Gasteiger partial charge < -0.3 is 5.32 Å². The standard InChI is InChI=1S/C18H24N8/c1-24-12-6-7-14(17(24)16-10-11-20-25(16)2)13-19-18-21-22-23-26(18)15-8-4-3-5-9-15/h3-5,8-11,14,17H,6-7,12-13H2,1-2H3,(H,19,21,23)/t14-,17+/m0/s1. The Kier molecular flexibility index (Phi) is 4.66. The van der Waals surface area contributed by atoms with E-state index in [4.69, 9.17) is 0 Å². The van der Waals surface area contributed by atoms with Gasteiger partial charge in [0, 0.05) is 19.8 Å². The smallest absolute Gasteiger partial charge is 0.247 e. The number of nitrogens with one attached hydrogen (secondary N) is 1. The summed E-state index contributed by atoms with van der Waals surface area (Å²) in [5, 5.41) is 19.9. The van der Waals surface area contributed by atoms with Crippen molar-refractivity contribution in [3.63, 3.8) is 0 Å². The monoisotopic (exact) mass is 352 g/mol. The van der Waals surface area contributed by atoms with Crippen molar-refractivity contribution in [2.45, 2.75) is 18.9 Å². The van der Waals surface area contributed by atoms with E-state index in [-0.39, 0.29) is 0 Å². The number of hydrogen-bond acceptors (Lipinski definition) is 6. The van der Waals surface area contributed by atoms with Crippen LogP contribution in [-0.4, -0.2) is 55.0 Å². The van der Waals surface area contributed by atoms with E-state index < -0.39 is 0 Å². The lowest BCUT2D eigenvalue weighted by Gasteiger charge is -2.39. The van der Waals surface area contributed by atoms with Crippen molar-refractivity contribution >= 4 is 5.95 Å². The molecule has 0 unspecified atom stereocenters. The minimum atomic E-state index is 0.338. The molecule has 136 valence electrons. The molecule has 3 heterocycles. The van der Waals surface area contributed by atoms with Gasteiger partial charge in [0.2, 0.25) is 5.95 Å². The summed E-state index contributed by atoms with van der Waals surface area (Å²) < 4.78 is 3.72. The van der Waals surface area contributed by atoms with Gasteiger partial charge in [-0.3, -0.25) is 9.58 Å². The molecule has 1 aliphatic rings. The van der Waals surface area contributed by atoms with Crippen LogP contribution in [0.25, 0.3) is 5.69 Å². The zero-order valence-electron chi connectivity index (χ0n) is 15.2. The Labute approximate surface area is 152 Å². The molecule has 26 heavy (non-hydrogen) atoms. The fourth-order valence-corrected chi connectivity index (χ4v) is 3.88. The SMILES string of the molecule is CN1CCC[C@@H](CNc2nnnn2-c2ccccc2)[C@@H]1c1ccnn1C. The van der Waals surface area contributed by atoms with Crippen molar-refractivity contribution in [1.29, 1.82) is 0 Å². The van der Waals surface area contributed by atoms with Crippen LogP contribution in [0, 0.1) is 5.92 Å². The summed E-state index contributed by atoms with van der Waals surface area (Å²) in [4.78, 5) is 2.42. The van der Waals surface area contributed by atoms with Crippen LogP contribution in [-0.2, 0) is 7.05 Å². The van der Waals surface area contributed by atoms with Gasteiger partial charge >= 0.3 is 0 Å². The van der Waals surface area contributed by atoms with Gasteiger partial charge in [0.15, 0.2) is 0 Å². The summed E-state index contributed by atoms with van der Waals surface area (Å²) in [5.74, 6) is 1.14. The lowest BCUT2D eigenvalue weighted by atomic mass is 9.87. The van der Waals surface area contributed by atoms with Crippen molar-refractivity contribution in [3.8, 4) is 5.69 Å². The average molecular weight is 352 g/mol. The number of piperidine rings is 1. The molecule has 8 nitrogen and oxygen atoms in total. The van der Waals surface area contributed by atoms with Crippen molar-refractivity contribution < 1.29 is 0 Å². The predicted molar refractivity (Wildman–Crippen MR) is 98.9 cm³/mol. The number of tetrazole rings is 1. The third-order valence-electron chi connectivity index (χ3n) is 5.16. The second kappa shape index (κ2) is 7.25. The van der Waals surface area contributed by atoms with Gasteiger partial charge in [-0.1, -0.05) is 23.3 Å². The molecule has 2 atom stereocenters. The summed E-state index contributed by atoms with van der Waals surface area (Å²) in [6.45, 7) is 1.92. The summed E-state index contributed by atoms with van der Waals surface area (Å²) in [6.07, 6.45) is 4.24. The molecule has 2 aromatic heterocycles. The van der Waals surface area contributed by atoms with E-state index in [2.05, 4.69) is 44.0 Å². The average Bonchev–Trinajstić information content (AvgIpc) is 3.30. The summed E-state index contributed by atoms with van der Waals surface area (Å²) in [6, 6.07) is 12.4. The Hall–Kier alpha value is -2.74. The topological polar surface area (TPSA) is 76.7 Å². The van der Waals surface area contributed by atoms with Gasteiger partial charge in [0.25, 0.3) is 0 Å². The first-order valence-corrected chi connectivity index (χ1v) is 9.00. The fourth-order valence-electron chi connectivity index (χ4n) is 3.88. The highest BCUT2D eigenvalue weighted by atomic mass is 15.6. The van der Waals surface area contributed by atoms with E-state index in [1.54, 1.807) is 4.68 Å². The number of aryl methyl sites for hydroxylation is 1. The zero-order chi connectivity index (χ0) is 17.9. The molecule has 0 amide bonds. The maximum atomic E-state index is 4.36. The molecular weight excluding hydrogens is 328 g/mol. The van der Waals surface area contributed by atoms with Crippen molar-refractivity contribution in [3.05, 3.63) is 48.3 Å². The second-order valence-electron chi connectivity index (χ2n) is 6.84. The van der Waals surface area contributed by atoms with E-state index in [1.165, 1.54) is 18.5 Å². The Morgan fingerprint density at radius 2 is 2.00 bits per heavy atom. The number of benzene rings is 1. The Morgan fingerprint density at radius 1 is 1.15 bits per heavy atom. The number of aromatic nitrogens is 6. The largest absolute Gasteiger partial charge is 0.352 e. The van der Waals surface area contributed by atoms with Crippen LogP contribution in [0.1, 0.15) is 24.6 Å². The van der Waals surface area contributed by atoms with Gasteiger partial charge in [-0.2, -0.15) is 9.78 Å². The molecule has 3 aromatic rings. The van der Waals surface area contributed by atoms with E-state index in [9.17, 15) is 0 Å². The lowest BCUT2D eigenvalue weighted by Crippen LogP contribution is -2.40. The van der Waals surface area contributed by atoms with Crippen LogP contribution in [0.15, 0.2) is 42.6 Å². The minimum absolute atomic E-state index is 0.338. The molecule has 1 fully saturated rings. The third-order valence-corrected chi connectivity index (χ3v) is 5.16. The molecule has 1 N–H and O–H groups in total. The summed E-state index contributed by atoms with van der Waals surface area (Å²) in [7, 11) is 4.20. The first-order valence-electron chi connectivity index (χ1n) is 9.00. The zero-order valence-corrected chi connectivity index (χ0v) is 15.2. The number of hydrogen-bond donors (Lipinski definition) is 1. The van der Waals surface area contributed by atoms with E-state index in [1.807, 2.05) is 48.3 Å². The highest BCUT2D eigenvalue weighted by Gasteiger charge is 2.32. The number of rotatable bonds is 5. The van der Waals surface area contributed by atoms with Crippen LogP contribution >= 0.6 is 0 Å². The lowest BCUT2D eigenvalue weighted by molar-refractivity contribution is 0.121. The molecule has 1 aromatic carbocycles. The highest BCUT2D eigenvalue weighted by molar-refractivity contribution is 5.38. The molecule has 0 spiro atoms. The minimum Gasteiger partial charge on any atom is -0.352 e. The Bertz CT molecular complexity index is 840. The first-order chi connectivity index (χ1) is 12.7.